The summed E-state index contributed by atoms with van der Waals surface area (Å²) in [6, 6.07) is -0.786. The van der Waals surface area contributed by atoms with Crippen LogP contribution in [0.2, 0.25) is 0 Å². The Balaban J connectivity index is 2.77. The van der Waals surface area contributed by atoms with E-state index < -0.39 is 23.6 Å². The highest BCUT2D eigenvalue weighted by molar-refractivity contribution is 5.85. The van der Waals surface area contributed by atoms with Crippen LogP contribution >= 0.6 is 0 Å². The number of aliphatic hydroxyl groups is 1. The molecule has 0 radical (unpaired) electrons. The smallest absolute Gasteiger partial charge is 0.404 e. The summed E-state index contributed by atoms with van der Waals surface area (Å²) in [5.74, 6) is -0.865. The molecule has 0 aromatic carbocycles. The zero-order chi connectivity index (χ0) is 10.8. The summed E-state index contributed by atoms with van der Waals surface area (Å²) in [4.78, 5) is 21.4. The van der Waals surface area contributed by atoms with E-state index in [9.17, 15) is 14.7 Å². The number of nitrogens with one attached hydrogen (secondary N) is 1. The van der Waals surface area contributed by atoms with E-state index >= 15 is 0 Å². The van der Waals surface area contributed by atoms with E-state index in [1.165, 1.54) is 0 Å². The molecule has 0 spiro atoms. The summed E-state index contributed by atoms with van der Waals surface area (Å²) in [7, 11) is 0. The molecule has 0 aromatic rings. The average molecular weight is 202 g/mol. The highest BCUT2D eigenvalue weighted by Gasteiger charge is 2.44. The largest absolute Gasteiger partial charge is 0.465 e. The van der Waals surface area contributed by atoms with Crippen molar-refractivity contribution in [2.24, 2.45) is 5.73 Å². The van der Waals surface area contributed by atoms with Crippen molar-refractivity contribution in [3.63, 3.8) is 0 Å². The monoisotopic (exact) mass is 202 g/mol. The van der Waals surface area contributed by atoms with Gasteiger partial charge in [-0.2, -0.15) is 0 Å². The van der Waals surface area contributed by atoms with Crippen molar-refractivity contribution in [2.75, 3.05) is 0 Å². The van der Waals surface area contributed by atoms with Gasteiger partial charge in [0.2, 0.25) is 0 Å². The van der Waals surface area contributed by atoms with Gasteiger partial charge in [-0.15, -0.1) is 0 Å². The molecule has 2 amide bonds. The molecule has 1 aliphatic carbocycles. The third kappa shape index (κ3) is 1.95. The van der Waals surface area contributed by atoms with Crippen molar-refractivity contribution in [3.8, 4) is 0 Å². The van der Waals surface area contributed by atoms with Crippen LogP contribution < -0.4 is 11.1 Å². The van der Waals surface area contributed by atoms with Gasteiger partial charge in [-0.05, 0) is 19.3 Å². The number of nitrogens with two attached hydrogens (primary N) is 1. The van der Waals surface area contributed by atoms with E-state index in [0.717, 1.165) is 6.42 Å². The van der Waals surface area contributed by atoms with Gasteiger partial charge in [-0.25, -0.2) is 4.79 Å². The van der Waals surface area contributed by atoms with Crippen molar-refractivity contribution in [2.45, 2.75) is 37.3 Å². The molecule has 0 heterocycles. The van der Waals surface area contributed by atoms with Crippen LogP contribution in [0.5, 0.6) is 0 Å². The minimum atomic E-state index is -1.73. The van der Waals surface area contributed by atoms with Gasteiger partial charge < -0.3 is 21.3 Å². The van der Waals surface area contributed by atoms with Gasteiger partial charge in [0.25, 0.3) is 5.91 Å². The van der Waals surface area contributed by atoms with Crippen LogP contribution in [0, 0.1) is 0 Å². The van der Waals surface area contributed by atoms with Crippen molar-refractivity contribution in [1.82, 2.24) is 5.32 Å². The van der Waals surface area contributed by atoms with Crippen LogP contribution in [0.1, 0.15) is 25.7 Å². The second-order valence-corrected chi connectivity index (χ2v) is 3.54. The maximum Gasteiger partial charge on any atom is 0.404 e. The molecular weight excluding hydrogens is 188 g/mol. The Morgan fingerprint density at radius 3 is 2.57 bits per heavy atom. The molecule has 1 aliphatic rings. The summed E-state index contributed by atoms with van der Waals surface area (Å²) in [6.07, 6.45) is 0.855. The summed E-state index contributed by atoms with van der Waals surface area (Å²) in [5, 5.41) is 20.5. The van der Waals surface area contributed by atoms with Crippen molar-refractivity contribution in [1.29, 1.82) is 0 Å². The lowest BCUT2D eigenvalue weighted by Crippen LogP contribution is -2.61. The average Bonchev–Trinajstić information content (AvgIpc) is 2.08. The highest BCUT2D eigenvalue weighted by Crippen LogP contribution is 2.28. The minimum Gasteiger partial charge on any atom is -0.465 e. The fourth-order valence-electron chi connectivity index (χ4n) is 1.79. The second-order valence-electron chi connectivity index (χ2n) is 3.54. The second kappa shape index (κ2) is 3.83. The van der Waals surface area contributed by atoms with E-state index in [1.54, 1.807) is 0 Å². The Morgan fingerprint density at radius 2 is 2.07 bits per heavy atom. The van der Waals surface area contributed by atoms with Gasteiger partial charge in [-0.3, -0.25) is 4.79 Å². The zero-order valence-electron chi connectivity index (χ0n) is 7.69. The number of primary amides is 1. The standard InChI is InChI=1S/C8H14N2O4/c9-6(11)8(14)4-2-1-3-5(8)10-7(12)13/h5,10,14H,1-4H2,(H2,9,11)(H,12,13). The summed E-state index contributed by atoms with van der Waals surface area (Å²) in [6.45, 7) is 0. The van der Waals surface area contributed by atoms with Crippen LogP contribution in [-0.2, 0) is 4.79 Å². The fourth-order valence-corrected chi connectivity index (χ4v) is 1.79. The summed E-state index contributed by atoms with van der Waals surface area (Å²) in [5.41, 5.74) is 3.32. The number of carboxylic acid groups (broad SMARTS) is 1. The van der Waals surface area contributed by atoms with E-state index in [0.29, 0.717) is 12.8 Å². The molecule has 5 N–H and O–H groups in total. The third-order valence-electron chi connectivity index (χ3n) is 2.60. The Kier molecular flexibility index (Phi) is 2.95. The molecule has 0 bridgehead atoms. The number of rotatable bonds is 2. The SMILES string of the molecule is NC(=O)C1(O)CCCCC1NC(=O)O. The molecule has 0 saturated heterocycles. The van der Waals surface area contributed by atoms with E-state index in [4.69, 9.17) is 10.8 Å². The molecule has 2 unspecified atom stereocenters. The minimum absolute atomic E-state index is 0.216. The maximum absolute atomic E-state index is 11.0. The Hall–Kier alpha value is -1.30. The van der Waals surface area contributed by atoms with Crippen LogP contribution in [0.25, 0.3) is 0 Å². The topological polar surface area (TPSA) is 113 Å². The van der Waals surface area contributed by atoms with Crippen molar-refractivity contribution < 1.29 is 19.8 Å². The van der Waals surface area contributed by atoms with E-state index in [2.05, 4.69) is 5.32 Å². The number of carbonyl (C=O) groups is 2. The highest BCUT2D eigenvalue weighted by atomic mass is 16.4. The third-order valence-corrected chi connectivity index (χ3v) is 2.60. The van der Waals surface area contributed by atoms with Gasteiger partial charge in [0.05, 0.1) is 6.04 Å². The molecule has 6 nitrogen and oxygen atoms in total. The number of amides is 2. The molecule has 0 aromatic heterocycles. The first-order valence-electron chi connectivity index (χ1n) is 4.48. The predicted octanol–water partition coefficient (Wildman–Crippen LogP) is -0.587. The first kappa shape index (κ1) is 10.8. The molecular formula is C8H14N2O4. The predicted molar refractivity (Wildman–Crippen MR) is 47.6 cm³/mol. The van der Waals surface area contributed by atoms with Crippen molar-refractivity contribution >= 4 is 12.0 Å². The Labute approximate surface area is 81.1 Å². The maximum atomic E-state index is 11.0. The molecule has 80 valence electrons. The molecule has 0 aliphatic heterocycles. The summed E-state index contributed by atoms with van der Waals surface area (Å²) >= 11 is 0. The van der Waals surface area contributed by atoms with Gasteiger partial charge in [0.1, 0.15) is 0 Å². The van der Waals surface area contributed by atoms with E-state index in [-0.39, 0.29) is 6.42 Å². The van der Waals surface area contributed by atoms with Crippen molar-refractivity contribution in [3.05, 3.63) is 0 Å². The van der Waals surface area contributed by atoms with Gasteiger partial charge in [0, 0.05) is 0 Å². The molecule has 2 atom stereocenters. The molecule has 6 heteroatoms. The lowest BCUT2D eigenvalue weighted by atomic mass is 9.80. The molecule has 1 rings (SSSR count). The molecule has 1 saturated carbocycles. The normalized spacial score (nSPS) is 32.2. The van der Waals surface area contributed by atoms with Gasteiger partial charge >= 0.3 is 6.09 Å². The van der Waals surface area contributed by atoms with Crippen LogP contribution in [0.3, 0.4) is 0 Å². The zero-order valence-corrected chi connectivity index (χ0v) is 7.69. The summed E-state index contributed by atoms with van der Waals surface area (Å²) < 4.78 is 0. The molecule has 1 fully saturated rings. The quantitative estimate of drug-likeness (QED) is 0.479. The number of hydrogen-bond donors (Lipinski definition) is 4. The lowest BCUT2D eigenvalue weighted by Gasteiger charge is -2.36. The number of carbonyl (C=O) groups excluding carboxylic acids is 1. The Bertz CT molecular complexity index is 256. The van der Waals surface area contributed by atoms with Crippen LogP contribution in [0.4, 0.5) is 4.79 Å². The molecule has 14 heavy (non-hydrogen) atoms. The van der Waals surface area contributed by atoms with Gasteiger partial charge in [0.15, 0.2) is 5.60 Å². The first-order chi connectivity index (χ1) is 6.47. The lowest BCUT2D eigenvalue weighted by molar-refractivity contribution is -0.142. The number of hydrogen-bond acceptors (Lipinski definition) is 3. The van der Waals surface area contributed by atoms with Gasteiger partial charge in [-0.1, -0.05) is 6.42 Å². The van der Waals surface area contributed by atoms with Crippen LogP contribution in [-0.4, -0.2) is 33.9 Å². The van der Waals surface area contributed by atoms with E-state index in [1.807, 2.05) is 0 Å². The fraction of sp³-hybridized carbons (Fsp3) is 0.750. The van der Waals surface area contributed by atoms with Crippen LogP contribution in [0.15, 0.2) is 0 Å². The first-order valence-corrected chi connectivity index (χ1v) is 4.48. The Morgan fingerprint density at radius 1 is 1.43 bits per heavy atom.